The fourth-order valence-electron chi connectivity index (χ4n) is 2.41. The van der Waals surface area contributed by atoms with Gasteiger partial charge in [0, 0.05) is 31.2 Å². The third-order valence-electron chi connectivity index (χ3n) is 3.72. The summed E-state index contributed by atoms with van der Waals surface area (Å²) in [7, 11) is 0. The predicted octanol–water partition coefficient (Wildman–Crippen LogP) is 2.41. The molecular formula is C18H19N5O. The highest BCUT2D eigenvalue weighted by Crippen LogP contribution is 2.15. The quantitative estimate of drug-likeness (QED) is 0.757. The van der Waals surface area contributed by atoms with Gasteiger partial charge in [-0.3, -0.25) is 9.48 Å². The van der Waals surface area contributed by atoms with Crippen LogP contribution in [0.4, 0.5) is 0 Å². The Labute approximate surface area is 140 Å². The van der Waals surface area contributed by atoms with Crippen molar-refractivity contribution in [1.82, 2.24) is 25.1 Å². The number of nitrogens with zero attached hydrogens (tertiary/aromatic N) is 4. The number of nitrogens with one attached hydrogen (secondary N) is 1. The van der Waals surface area contributed by atoms with Gasteiger partial charge in [-0.1, -0.05) is 37.3 Å². The van der Waals surface area contributed by atoms with Gasteiger partial charge in [0.05, 0.1) is 18.2 Å². The van der Waals surface area contributed by atoms with E-state index >= 15 is 0 Å². The molecule has 6 nitrogen and oxygen atoms in total. The lowest BCUT2D eigenvalue weighted by Crippen LogP contribution is -2.31. The van der Waals surface area contributed by atoms with Gasteiger partial charge in [-0.25, -0.2) is 9.97 Å². The van der Waals surface area contributed by atoms with Gasteiger partial charge in [0.25, 0.3) is 5.91 Å². The van der Waals surface area contributed by atoms with Crippen molar-refractivity contribution in [2.75, 3.05) is 0 Å². The van der Waals surface area contributed by atoms with Crippen LogP contribution in [0.1, 0.15) is 34.7 Å². The number of carbonyl (C=O) groups excluding carboxylic acids is 1. The van der Waals surface area contributed by atoms with Gasteiger partial charge < -0.3 is 5.32 Å². The van der Waals surface area contributed by atoms with Gasteiger partial charge in [-0.05, 0) is 11.6 Å². The first-order chi connectivity index (χ1) is 11.8. The van der Waals surface area contributed by atoms with Crippen molar-refractivity contribution in [3.63, 3.8) is 0 Å². The molecule has 0 saturated heterocycles. The normalized spacial score (nSPS) is 11.9. The lowest BCUT2D eigenvalue weighted by molar-refractivity contribution is 0.0931. The van der Waals surface area contributed by atoms with E-state index < -0.39 is 0 Å². The number of hydrogen-bond donors (Lipinski definition) is 1. The fraction of sp³-hybridized carbons (Fsp3) is 0.222. The number of amides is 1. The molecule has 0 aliphatic carbocycles. The van der Waals surface area contributed by atoms with Gasteiger partial charge in [-0.2, -0.15) is 5.10 Å². The van der Waals surface area contributed by atoms with Crippen LogP contribution < -0.4 is 5.32 Å². The Morgan fingerprint density at radius 1 is 1.17 bits per heavy atom. The zero-order valence-electron chi connectivity index (χ0n) is 13.5. The van der Waals surface area contributed by atoms with Crippen molar-refractivity contribution in [2.45, 2.75) is 25.9 Å². The van der Waals surface area contributed by atoms with E-state index in [-0.39, 0.29) is 11.9 Å². The Morgan fingerprint density at radius 2 is 1.92 bits per heavy atom. The van der Waals surface area contributed by atoms with Crippen LogP contribution in [0.2, 0.25) is 0 Å². The molecule has 6 heteroatoms. The molecule has 0 radical (unpaired) electrons. The van der Waals surface area contributed by atoms with Crippen molar-refractivity contribution in [3.8, 4) is 0 Å². The largest absolute Gasteiger partial charge is 0.343 e. The lowest BCUT2D eigenvalue weighted by Gasteiger charge is -2.19. The van der Waals surface area contributed by atoms with Crippen LogP contribution in [0.3, 0.4) is 0 Å². The highest BCUT2D eigenvalue weighted by molar-refractivity contribution is 5.93. The number of aryl methyl sites for hydroxylation is 1. The van der Waals surface area contributed by atoms with Crippen LogP contribution in [-0.4, -0.2) is 25.7 Å². The van der Waals surface area contributed by atoms with E-state index in [4.69, 9.17) is 0 Å². The molecule has 1 amide bonds. The maximum Gasteiger partial charge on any atom is 0.254 e. The fourth-order valence-corrected chi connectivity index (χ4v) is 2.41. The summed E-state index contributed by atoms with van der Waals surface area (Å²) >= 11 is 0. The third-order valence-corrected chi connectivity index (χ3v) is 3.72. The third kappa shape index (κ3) is 3.84. The maximum atomic E-state index is 12.5. The Kier molecular flexibility index (Phi) is 4.96. The summed E-state index contributed by atoms with van der Waals surface area (Å²) in [5.74, 6) is 0.529. The minimum atomic E-state index is -0.196. The van der Waals surface area contributed by atoms with Crippen molar-refractivity contribution in [1.29, 1.82) is 0 Å². The van der Waals surface area contributed by atoms with Gasteiger partial charge >= 0.3 is 0 Å². The van der Waals surface area contributed by atoms with E-state index in [0.29, 0.717) is 12.1 Å². The molecule has 0 saturated carbocycles. The number of benzene rings is 1. The number of rotatable bonds is 6. The molecule has 0 unspecified atom stereocenters. The average Bonchev–Trinajstić information content (AvgIpc) is 3.15. The standard InChI is InChI=1S/C18H19N5O/c1-2-17-19-11-15(12-20-17)18(24)22-16(13-23-10-6-9-21-23)14-7-4-3-5-8-14/h3-12,16H,2,13H2,1H3,(H,22,24)/t16-/m0/s1. The summed E-state index contributed by atoms with van der Waals surface area (Å²) in [6, 6.07) is 11.5. The molecule has 0 aliphatic heterocycles. The molecule has 3 aromatic rings. The lowest BCUT2D eigenvalue weighted by atomic mass is 10.1. The number of aromatic nitrogens is 4. The summed E-state index contributed by atoms with van der Waals surface area (Å²) in [6.45, 7) is 2.53. The Bertz CT molecular complexity index is 769. The minimum absolute atomic E-state index is 0.190. The van der Waals surface area contributed by atoms with Crippen LogP contribution in [-0.2, 0) is 13.0 Å². The first-order valence-electron chi connectivity index (χ1n) is 7.90. The highest BCUT2D eigenvalue weighted by atomic mass is 16.1. The molecule has 122 valence electrons. The zero-order chi connectivity index (χ0) is 16.8. The van der Waals surface area contributed by atoms with E-state index in [1.165, 1.54) is 0 Å². The molecule has 2 heterocycles. The Balaban J connectivity index is 1.78. The summed E-state index contributed by atoms with van der Waals surface area (Å²) in [4.78, 5) is 20.9. The predicted molar refractivity (Wildman–Crippen MR) is 90.3 cm³/mol. The van der Waals surface area contributed by atoms with Crippen molar-refractivity contribution in [2.24, 2.45) is 0 Å². The smallest absolute Gasteiger partial charge is 0.254 e. The molecule has 1 N–H and O–H groups in total. The monoisotopic (exact) mass is 321 g/mol. The SMILES string of the molecule is CCc1ncc(C(=O)N[C@@H](Cn2cccn2)c2ccccc2)cn1. The topological polar surface area (TPSA) is 72.7 Å². The van der Waals surface area contributed by atoms with Crippen molar-refractivity contribution >= 4 is 5.91 Å². The summed E-state index contributed by atoms with van der Waals surface area (Å²) < 4.78 is 1.80. The number of hydrogen-bond acceptors (Lipinski definition) is 4. The zero-order valence-corrected chi connectivity index (χ0v) is 13.5. The van der Waals surface area contributed by atoms with Crippen molar-refractivity contribution < 1.29 is 4.79 Å². The van der Waals surface area contributed by atoms with Crippen LogP contribution >= 0.6 is 0 Å². The molecule has 0 bridgehead atoms. The summed E-state index contributed by atoms with van der Waals surface area (Å²) in [5, 5.41) is 7.27. The van der Waals surface area contributed by atoms with E-state index in [9.17, 15) is 4.79 Å². The molecule has 0 aliphatic rings. The van der Waals surface area contributed by atoms with Gasteiger partial charge in [0.1, 0.15) is 5.82 Å². The second-order valence-corrected chi connectivity index (χ2v) is 5.41. The van der Waals surface area contributed by atoms with Crippen molar-refractivity contribution in [3.05, 3.63) is 78.1 Å². The highest BCUT2D eigenvalue weighted by Gasteiger charge is 2.17. The minimum Gasteiger partial charge on any atom is -0.343 e. The van der Waals surface area contributed by atoms with E-state index in [1.807, 2.05) is 49.5 Å². The molecule has 1 aromatic carbocycles. The molecule has 2 aromatic heterocycles. The summed E-state index contributed by atoms with van der Waals surface area (Å²) in [6.07, 6.45) is 7.48. The molecular weight excluding hydrogens is 302 g/mol. The van der Waals surface area contributed by atoms with Crippen LogP contribution in [0, 0.1) is 0 Å². The maximum absolute atomic E-state index is 12.5. The molecule has 0 spiro atoms. The molecule has 1 atom stereocenters. The average molecular weight is 321 g/mol. The van der Waals surface area contributed by atoms with Crippen LogP contribution in [0.25, 0.3) is 0 Å². The van der Waals surface area contributed by atoms with Gasteiger partial charge in [0.15, 0.2) is 0 Å². The number of carbonyl (C=O) groups is 1. The van der Waals surface area contributed by atoms with Gasteiger partial charge in [-0.15, -0.1) is 0 Å². The molecule has 0 fully saturated rings. The Hall–Kier alpha value is -3.02. The second kappa shape index (κ2) is 7.50. The van der Waals surface area contributed by atoms with E-state index in [2.05, 4.69) is 20.4 Å². The van der Waals surface area contributed by atoms with E-state index in [0.717, 1.165) is 17.8 Å². The van der Waals surface area contributed by atoms with Crippen LogP contribution in [0.15, 0.2) is 61.2 Å². The first-order valence-corrected chi connectivity index (χ1v) is 7.90. The Morgan fingerprint density at radius 3 is 2.54 bits per heavy atom. The molecule has 3 rings (SSSR count). The summed E-state index contributed by atoms with van der Waals surface area (Å²) in [5.41, 5.74) is 1.47. The first kappa shape index (κ1) is 15.9. The van der Waals surface area contributed by atoms with Crippen LogP contribution in [0.5, 0.6) is 0 Å². The second-order valence-electron chi connectivity index (χ2n) is 5.41. The van der Waals surface area contributed by atoms with Gasteiger partial charge in [0.2, 0.25) is 0 Å². The molecule has 24 heavy (non-hydrogen) atoms. The van der Waals surface area contributed by atoms with E-state index in [1.54, 1.807) is 23.3 Å².